The number of carbonyl (C=O) groups is 1. The minimum atomic E-state index is -0.629. The van der Waals surface area contributed by atoms with Crippen molar-refractivity contribution in [3.63, 3.8) is 0 Å². The minimum Gasteiger partial charge on any atom is -0.481 e. The maximum Gasteiger partial charge on any atom is 0.309 e. The molecule has 0 radical (unpaired) electrons. The Bertz CT molecular complexity index is 367. The number of aliphatic carboxylic acids is 1. The molecule has 2 rings (SSSR count). The molecule has 0 aliphatic heterocycles. The van der Waals surface area contributed by atoms with Gasteiger partial charge in [0.05, 0.1) is 5.41 Å². The van der Waals surface area contributed by atoms with E-state index in [0.717, 1.165) is 31.2 Å². The normalized spacial score (nSPS) is 19.5. The van der Waals surface area contributed by atoms with Crippen molar-refractivity contribution >= 4 is 5.97 Å². The first-order valence-electron chi connectivity index (χ1n) is 6.35. The summed E-state index contributed by atoms with van der Waals surface area (Å²) in [5.41, 5.74) is 0.544. The molecule has 1 aromatic heterocycles. The van der Waals surface area contributed by atoms with Gasteiger partial charge in [0, 0.05) is 12.4 Å². The highest BCUT2D eigenvalue weighted by Crippen LogP contribution is 2.38. The number of rotatable bonds is 3. The summed E-state index contributed by atoms with van der Waals surface area (Å²) in [7, 11) is 0. The molecule has 0 aromatic carbocycles. The van der Waals surface area contributed by atoms with E-state index in [9.17, 15) is 9.90 Å². The van der Waals surface area contributed by atoms with Crippen LogP contribution in [0, 0.1) is 5.41 Å². The zero-order chi connectivity index (χ0) is 12.1. The van der Waals surface area contributed by atoms with Gasteiger partial charge in [-0.2, -0.15) is 0 Å². The summed E-state index contributed by atoms with van der Waals surface area (Å²) in [5, 5.41) is 9.56. The standard InChI is InChI=1S/C14H19NO2/c16-13(17)14(7-3-1-2-4-8-14)11-12-5-9-15-10-6-12/h5-6,9-10H,1-4,7-8,11H2,(H,16,17). The van der Waals surface area contributed by atoms with Crippen molar-refractivity contribution in [2.45, 2.75) is 44.9 Å². The summed E-state index contributed by atoms with van der Waals surface area (Å²) in [4.78, 5) is 15.6. The zero-order valence-electron chi connectivity index (χ0n) is 10.1. The average molecular weight is 233 g/mol. The molecule has 0 bridgehead atoms. The first-order valence-corrected chi connectivity index (χ1v) is 6.35. The number of pyridine rings is 1. The number of carboxylic acid groups (broad SMARTS) is 1. The molecule has 1 aliphatic rings. The summed E-state index contributed by atoms with van der Waals surface area (Å²) in [5.74, 6) is -0.629. The first-order chi connectivity index (χ1) is 8.23. The van der Waals surface area contributed by atoms with Crippen LogP contribution in [-0.2, 0) is 11.2 Å². The SMILES string of the molecule is O=C(O)C1(Cc2ccncc2)CCCCCC1. The van der Waals surface area contributed by atoms with Crippen LogP contribution in [0.2, 0.25) is 0 Å². The Morgan fingerprint density at radius 3 is 2.29 bits per heavy atom. The molecular formula is C14H19NO2. The maximum absolute atomic E-state index is 11.6. The highest BCUT2D eigenvalue weighted by Gasteiger charge is 2.38. The van der Waals surface area contributed by atoms with Gasteiger partial charge in [-0.3, -0.25) is 9.78 Å². The lowest BCUT2D eigenvalue weighted by atomic mass is 9.75. The van der Waals surface area contributed by atoms with Gasteiger partial charge in [-0.1, -0.05) is 25.7 Å². The van der Waals surface area contributed by atoms with Crippen LogP contribution < -0.4 is 0 Å². The van der Waals surface area contributed by atoms with Crippen LogP contribution >= 0.6 is 0 Å². The van der Waals surface area contributed by atoms with Gasteiger partial charge in [0.15, 0.2) is 0 Å². The smallest absolute Gasteiger partial charge is 0.309 e. The van der Waals surface area contributed by atoms with Gasteiger partial charge in [-0.05, 0) is 37.0 Å². The van der Waals surface area contributed by atoms with E-state index in [-0.39, 0.29) is 0 Å². The van der Waals surface area contributed by atoms with Gasteiger partial charge in [-0.25, -0.2) is 0 Å². The molecule has 0 atom stereocenters. The molecule has 3 heteroatoms. The van der Waals surface area contributed by atoms with Crippen LogP contribution in [0.1, 0.15) is 44.1 Å². The van der Waals surface area contributed by atoms with Gasteiger partial charge in [-0.15, -0.1) is 0 Å². The largest absolute Gasteiger partial charge is 0.481 e. The Hall–Kier alpha value is -1.38. The molecule has 92 valence electrons. The van der Waals surface area contributed by atoms with E-state index >= 15 is 0 Å². The van der Waals surface area contributed by atoms with E-state index in [1.807, 2.05) is 12.1 Å². The fourth-order valence-corrected chi connectivity index (χ4v) is 2.76. The third kappa shape index (κ3) is 2.84. The molecule has 0 amide bonds. The van der Waals surface area contributed by atoms with E-state index in [1.165, 1.54) is 12.8 Å². The maximum atomic E-state index is 11.6. The lowest BCUT2D eigenvalue weighted by Gasteiger charge is -2.28. The minimum absolute atomic E-state index is 0.544. The summed E-state index contributed by atoms with van der Waals surface area (Å²) in [6, 6.07) is 3.85. The van der Waals surface area contributed by atoms with Crippen LogP contribution in [0.4, 0.5) is 0 Å². The Labute approximate surface area is 102 Å². The molecular weight excluding hydrogens is 214 g/mol. The van der Waals surface area contributed by atoms with Crippen molar-refractivity contribution in [1.82, 2.24) is 4.98 Å². The van der Waals surface area contributed by atoms with E-state index in [0.29, 0.717) is 6.42 Å². The second-order valence-corrected chi connectivity index (χ2v) is 5.03. The van der Waals surface area contributed by atoms with Crippen molar-refractivity contribution in [3.8, 4) is 0 Å². The third-order valence-electron chi connectivity index (χ3n) is 3.81. The lowest BCUT2D eigenvalue weighted by molar-refractivity contribution is -0.149. The summed E-state index contributed by atoms with van der Waals surface area (Å²) < 4.78 is 0. The third-order valence-corrected chi connectivity index (χ3v) is 3.81. The molecule has 1 aromatic rings. The zero-order valence-corrected chi connectivity index (χ0v) is 10.1. The molecule has 3 nitrogen and oxygen atoms in total. The predicted molar refractivity (Wildman–Crippen MR) is 65.7 cm³/mol. The van der Waals surface area contributed by atoms with E-state index in [2.05, 4.69) is 4.98 Å². The van der Waals surface area contributed by atoms with Crippen molar-refractivity contribution in [2.75, 3.05) is 0 Å². The summed E-state index contributed by atoms with van der Waals surface area (Å²) in [6.07, 6.45) is 10.2. The Kier molecular flexibility index (Phi) is 3.77. The second-order valence-electron chi connectivity index (χ2n) is 5.03. The van der Waals surface area contributed by atoms with Crippen LogP contribution in [-0.4, -0.2) is 16.1 Å². The molecule has 0 spiro atoms. The fraction of sp³-hybridized carbons (Fsp3) is 0.571. The van der Waals surface area contributed by atoms with Gasteiger partial charge >= 0.3 is 5.97 Å². The Morgan fingerprint density at radius 1 is 1.18 bits per heavy atom. The van der Waals surface area contributed by atoms with Crippen LogP contribution in [0.15, 0.2) is 24.5 Å². The monoisotopic (exact) mass is 233 g/mol. The fourth-order valence-electron chi connectivity index (χ4n) is 2.76. The highest BCUT2D eigenvalue weighted by molar-refractivity contribution is 5.75. The molecule has 1 heterocycles. The number of aromatic nitrogens is 1. The number of nitrogens with zero attached hydrogens (tertiary/aromatic N) is 1. The van der Waals surface area contributed by atoms with Crippen LogP contribution in [0.5, 0.6) is 0 Å². The average Bonchev–Trinajstić information content (AvgIpc) is 2.57. The quantitative estimate of drug-likeness (QED) is 0.816. The molecule has 0 unspecified atom stereocenters. The second kappa shape index (κ2) is 5.30. The van der Waals surface area contributed by atoms with Crippen molar-refractivity contribution in [1.29, 1.82) is 0 Å². The van der Waals surface area contributed by atoms with Crippen LogP contribution in [0.3, 0.4) is 0 Å². The Balaban J connectivity index is 2.19. The van der Waals surface area contributed by atoms with Crippen LogP contribution in [0.25, 0.3) is 0 Å². The van der Waals surface area contributed by atoms with Crippen molar-refractivity contribution in [2.24, 2.45) is 5.41 Å². The Morgan fingerprint density at radius 2 is 1.76 bits per heavy atom. The number of carboxylic acids is 1. The molecule has 17 heavy (non-hydrogen) atoms. The van der Waals surface area contributed by atoms with E-state index in [4.69, 9.17) is 0 Å². The molecule has 1 N–H and O–H groups in total. The van der Waals surface area contributed by atoms with E-state index in [1.54, 1.807) is 12.4 Å². The molecule has 0 saturated heterocycles. The number of hydrogen-bond donors (Lipinski definition) is 1. The van der Waals surface area contributed by atoms with Gasteiger partial charge in [0.25, 0.3) is 0 Å². The first kappa shape index (κ1) is 12.1. The highest BCUT2D eigenvalue weighted by atomic mass is 16.4. The van der Waals surface area contributed by atoms with Crippen molar-refractivity contribution in [3.05, 3.63) is 30.1 Å². The summed E-state index contributed by atoms with van der Waals surface area (Å²) >= 11 is 0. The van der Waals surface area contributed by atoms with Gasteiger partial charge in [0.2, 0.25) is 0 Å². The molecule has 1 aliphatic carbocycles. The predicted octanol–water partition coefficient (Wildman–Crippen LogP) is 3.05. The molecule has 1 saturated carbocycles. The van der Waals surface area contributed by atoms with E-state index < -0.39 is 11.4 Å². The van der Waals surface area contributed by atoms with Crippen molar-refractivity contribution < 1.29 is 9.90 Å². The number of hydrogen-bond acceptors (Lipinski definition) is 2. The van der Waals surface area contributed by atoms with Gasteiger partial charge in [0.1, 0.15) is 0 Å². The lowest BCUT2D eigenvalue weighted by Crippen LogP contribution is -2.32. The topological polar surface area (TPSA) is 50.2 Å². The molecule has 1 fully saturated rings. The summed E-state index contributed by atoms with van der Waals surface area (Å²) in [6.45, 7) is 0. The van der Waals surface area contributed by atoms with Gasteiger partial charge < -0.3 is 5.11 Å².